The number of hydrogen-bond donors (Lipinski definition) is 1. The molecule has 28 heavy (non-hydrogen) atoms. The average Bonchev–Trinajstić information content (AvgIpc) is 2.96. The third kappa shape index (κ3) is 3.44. The van der Waals surface area contributed by atoms with E-state index in [1.54, 1.807) is 27.8 Å². The molecule has 8 nitrogen and oxygen atoms in total. The Morgan fingerprint density at radius 2 is 2.14 bits per heavy atom. The van der Waals surface area contributed by atoms with Crippen LogP contribution in [0.4, 0.5) is 4.79 Å². The van der Waals surface area contributed by atoms with Crippen LogP contribution in [0.2, 0.25) is 5.15 Å². The highest BCUT2D eigenvalue weighted by molar-refractivity contribution is 6.30. The van der Waals surface area contributed by atoms with Crippen molar-refractivity contribution in [1.29, 1.82) is 0 Å². The Morgan fingerprint density at radius 3 is 2.89 bits per heavy atom. The summed E-state index contributed by atoms with van der Waals surface area (Å²) in [5.41, 5.74) is 1.67. The van der Waals surface area contributed by atoms with Gasteiger partial charge in [-0.3, -0.25) is 9.55 Å². The van der Waals surface area contributed by atoms with Gasteiger partial charge in [0.1, 0.15) is 16.3 Å². The highest BCUT2D eigenvalue weighted by atomic mass is 35.5. The second-order valence-corrected chi connectivity index (χ2v) is 8.43. The number of nitrogens with zero attached hydrogens (tertiary/aromatic N) is 4. The number of hydrogen-bond acceptors (Lipinski definition) is 5. The summed E-state index contributed by atoms with van der Waals surface area (Å²) in [5.74, 6) is 0. The van der Waals surface area contributed by atoms with Crippen molar-refractivity contribution < 1.29 is 9.53 Å². The molecular formula is C19H22ClN5O3. The summed E-state index contributed by atoms with van der Waals surface area (Å²) in [6.45, 7) is 6.52. The molecule has 3 aromatic rings. The molecule has 148 valence electrons. The number of piperidine rings is 1. The van der Waals surface area contributed by atoms with Gasteiger partial charge >= 0.3 is 11.8 Å². The van der Waals surface area contributed by atoms with E-state index >= 15 is 0 Å². The number of halogens is 1. The fourth-order valence-electron chi connectivity index (χ4n) is 3.65. The zero-order valence-electron chi connectivity index (χ0n) is 16.0. The number of likely N-dealkylation sites (tertiary alicyclic amines) is 1. The minimum absolute atomic E-state index is 0.186. The first kappa shape index (κ1) is 18.7. The molecule has 0 bridgehead atoms. The molecular weight excluding hydrogens is 382 g/mol. The van der Waals surface area contributed by atoms with Gasteiger partial charge in [0.2, 0.25) is 0 Å². The molecule has 0 aromatic carbocycles. The summed E-state index contributed by atoms with van der Waals surface area (Å²) in [4.78, 5) is 38.5. The van der Waals surface area contributed by atoms with Crippen LogP contribution in [0, 0.1) is 0 Å². The summed E-state index contributed by atoms with van der Waals surface area (Å²) >= 11 is 6.08. The van der Waals surface area contributed by atoms with Gasteiger partial charge < -0.3 is 14.6 Å². The number of carbonyl (C=O) groups excluding carboxylic acids is 1. The molecule has 0 aliphatic carbocycles. The highest BCUT2D eigenvalue weighted by Crippen LogP contribution is 2.28. The summed E-state index contributed by atoms with van der Waals surface area (Å²) in [6, 6.07) is 3.26. The molecule has 0 spiro atoms. The Balaban J connectivity index is 1.76. The number of rotatable bonds is 1. The Kier molecular flexibility index (Phi) is 4.53. The smallest absolute Gasteiger partial charge is 0.410 e. The Bertz CT molecular complexity index is 1110. The lowest BCUT2D eigenvalue weighted by Crippen LogP contribution is -2.44. The zero-order valence-corrected chi connectivity index (χ0v) is 16.8. The van der Waals surface area contributed by atoms with E-state index in [0.717, 1.165) is 12.8 Å². The fourth-order valence-corrected chi connectivity index (χ4v) is 3.80. The van der Waals surface area contributed by atoms with E-state index in [1.807, 2.05) is 20.8 Å². The van der Waals surface area contributed by atoms with Crippen molar-refractivity contribution in [2.75, 3.05) is 13.1 Å². The third-order valence-electron chi connectivity index (χ3n) is 4.77. The van der Waals surface area contributed by atoms with E-state index in [4.69, 9.17) is 16.3 Å². The molecule has 1 atom stereocenters. The predicted molar refractivity (Wildman–Crippen MR) is 107 cm³/mol. The molecule has 0 unspecified atom stereocenters. The quantitative estimate of drug-likeness (QED) is 0.627. The van der Waals surface area contributed by atoms with Crippen LogP contribution in [-0.2, 0) is 4.74 Å². The van der Waals surface area contributed by atoms with Crippen molar-refractivity contribution in [3.8, 4) is 0 Å². The number of aromatic amines is 1. The van der Waals surface area contributed by atoms with Crippen LogP contribution in [0.3, 0.4) is 0 Å². The summed E-state index contributed by atoms with van der Waals surface area (Å²) in [7, 11) is 0. The minimum Gasteiger partial charge on any atom is -0.444 e. The molecule has 3 aromatic heterocycles. The molecule has 1 aliphatic heterocycles. The monoisotopic (exact) mass is 403 g/mol. The van der Waals surface area contributed by atoms with Crippen molar-refractivity contribution in [3.05, 3.63) is 34.0 Å². The summed E-state index contributed by atoms with van der Waals surface area (Å²) < 4.78 is 7.18. The van der Waals surface area contributed by atoms with Gasteiger partial charge in [0.15, 0.2) is 0 Å². The van der Waals surface area contributed by atoms with Crippen LogP contribution in [0.1, 0.15) is 39.7 Å². The Hall–Kier alpha value is -2.61. The maximum atomic E-state index is 12.8. The lowest BCUT2D eigenvalue weighted by molar-refractivity contribution is 0.0173. The zero-order chi connectivity index (χ0) is 20.1. The molecule has 1 saturated heterocycles. The SMILES string of the molecule is CC(C)(C)OC(=O)N1CCC[C@@H](n2c(=O)[nH]c3cnc4ccc(Cl)nc4c32)C1. The van der Waals surface area contributed by atoms with Gasteiger partial charge in [-0.25, -0.2) is 14.6 Å². The number of H-pyrrole nitrogens is 1. The van der Waals surface area contributed by atoms with Crippen molar-refractivity contribution >= 4 is 39.8 Å². The van der Waals surface area contributed by atoms with E-state index < -0.39 is 5.60 Å². The van der Waals surface area contributed by atoms with Crippen molar-refractivity contribution in [1.82, 2.24) is 24.4 Å². The maximum absolute atomic E-state index is 12.8. The van der Waals surface area contributed by atoms with Crippen molar-refractivity contribution in [2.24, 2.45) is 0 Å². The second kappa shape index (κ2) is 6.77. The largest absolute Gasteiger partial charge is 0.444 e. The number of fused-ring (bicyclic) bond motifs is 3. The number of carbonyl (C=O) groups is 1. The number of amides is 1. The van der Waals surface area contributed by atoms with Crippen molar-refractivity contribution in [2.45, 2.75) is 45.3 Å². The number of pyridine rings is 2. The van der Waals surface area contributed by atoms with Crippen LogP contribution in [0.5, 0.6) is 0 Å². The molecule has 1 N–H and O–H groups in total. The molecule has 4 rings (SSSR count). The number of imidazole rings is 1. The lowest BCUT2D eigenvalue weighted by atomic mass is 10.1. The maximum Gasteiger partial charge on any atom is 0.410 e. The van der Waals surface area contributed by atoms with Crippen LogP contribution >= 0.6 is 11.6 Å². The van der Waals surface area contributed by atoms with Crippen LogP contribution in [0.25, 0.3) is 22.1 Å². The third-order valence-corrected chi connectivity index (χ3v) is 4.98. The second-order valence-electron chi connectivity index (χ2n) is 8.04. The predicted octanol–water partition coefficient (Wildman–Crippen LogP) is 3.50. The van der Waals surface area contributed by atoms with Gasteiger partial charge in [0, 0.05) is 13.1 Å². The van der Waals surface area contributed by atoms with Crippen molar-refractivity contribution in [3.63, 3.8) is 0 Å². The summed E-state index contributed by atoms with van der Waals surface area (Å²) in [5, 5.41) is 0.334. The summed E-state index contributed by atoms with van der Waals surface area (Å²) in [6.07, 6.45) is 2.81. The first-order valence-corrected chi connectivity index (χ1v) is 9.64. The Labute approximate surface area is 166 Å². The van der Waals surface area contributed by atoms with Gasteiger partial charge in [-0.2, -0.15) is 0 Å². The molecule has 1 amide bonds. The molecule has 1 fully saturated rings. The molecule has 9 heteroatoms. The number of aromatic nitrogens is 4. The number of ether oxygens (including phenoxy) is 1. The highest BCUT2D eigenvalue weighted by Gasteiger charge is 2.30. The molecule has 0 radical (unpaired) electrons. The van der Waals surface area contributed by atoms with Gasteiger partial charge in [-0.05, 0) is 45.7 Å². The van der Waals surface area contributed by atoms with E-state index in [2.05, 4.69) is 15.0 Å². The minimum atomic E-state index is -0.565. The van der Waals surface area contributed by atoms with Gasteiger partial charge in [0.05, 0.1) is 28.8 Å². The fraction of sp³-hybridized carbons (Fsp3) is 0.474. The first-order chi connectivity index (χ1) is 13.2. The van der Waals surface area contributed by atoms with Crippen LogP contribution < -0.4 is 5.69 Å². The van der Waals surface area contributed by atoms with Crippen LogP contribution in [-0.4, -0.2) is 49.2 Å². The number of nitrogens with one attached hydrogen (secondary N) is 1. The standard InChI is InChI=1S/C19H22ClN5O3/c1-19(2,3)28-18(27)24-8-4-5-11(10-24)25-16-13(22-17(25)26)9-21-12-6-7-14(20)23-15(12)16/h6-7,9,11H,4-5,8,10H2,1-3H3,(H,22,26)/t11-/m1/s1. The van der Waals surface area contributed by atoms with Gasteiger partial charge in [-0.15, -0.1) is 0 Å². The molecule has 1 aliphatic rings. The lowest BCUT2D eigenvalue weighted by Gasteiger charge is -2.34. The van der Waals surface area contributed by atoms with Crippen LogP contribution in [0.15, 0.2) is 23.1 Å². The molecule has 4 heterocycles. The van der Waals surface area contributed by atoms with Gasteiger partial charge in [-0.1, -0.05) is 11.6 Å². The Morgan fingerprint density at radius 1 is 1.36 bits per heavy atom. The first-order valence-electron chi connectivity index (χ1n) is 9.26. The van der Waals surface area contributed by atoms with Gasteiger partial charge in [0.25, 0.3) is 0 Å². The molecule has 0 saturated carbocycles. The van der Waals surface area contributed by atoms with E-state index in [1.165, 1.54) is 0 Å². The van der Waals surface area contributed by atoms with E-state index in [0.29, 0.717) is 40.3 Å². The topological polar surface area (TPSA) is 93.1 Å². The van der Waals surface area contributed by atoms with E-state index in [-0.39, 0.29) is 17.8 Å². The average molecular weight is 404 g/mol. The van der Waals surface area contributed by atoms with E-state index in [9.17, 15) is 9.59 Å². The normalized spacial score (nSPS) is 18.0.